The summed E-state index contributed by atoms with van der Waals surface area (Å²) in [6, 6.07) is 1.46. The number of methoxy groups -OCH3 is 1. The van der Waals surface area contributed by atoms with E-state index in [9.17, 15) is 8.42 Å². The number of anilines is 1. The van der Waals surface area contributed by atoms with E-state index in [1.165, 1.54) is 10.5 Å². The van der Waals surface area contributed by atoms with Crippen molar-refractivity contribution in [1.82, 2.24) is 9.29 Å². The molecule has 120 valence electrons. The van der Waals surface area contributed by atoms with Gasteiger partial charge in [-0.1, -0.05) is 13.8 Å². The summed E-state index contributed by atoms with van der Waals surface area (Å²) in [5.41, 5.74) is 0.593. The van der Waals surface area contributed by atoms with Gasteiger partial charge in [0.25, 0.3) is 0 Å². The van der Waals surface area contributed by atoms with Crippen molar-refractivity contribution in [3.63, 3.8) is 0 Å². The molecule has 0 saturated carbocycles. The second-order valence-corrected chi connectivity index (χ2v) is 6.67. The van der Waals surface area contributed by atoms with Crippen LogP contribution in [-0.2, 0) is 14.8 Å². The summed E-state index contributed by atoms with van der Waals surface area (Å²) in [7, 11) is -2.04. The molecule has 0 saturated heterocycles. The third kappa shape index (κ3) is 4.39. The van der Waals surface area contributed by atoms with E-state index in [1.807, 2.05) is 20.8 Å². The molecule has 0 bridgehead atoms. The van der Waals surface area contributed by atoms with Gasteiger partial charge >= 0.3 is 0 Å². The summed E-state index contributed by atoms with van der Waals surface area (Å²) in [6.07, 6.45) is 3.90. The topological polar surface area (TPSA) is 71.5 Å². The number of rotatable bonds is 9. The molecule has 1 atom stereocenters. The number of aromatic nitrogens is 1. The predicted molar refractivity (Wildman–Crippen MR) is 83.9 cm³/mol. The molecule has 0 amide bonds. The number of ether oxygens (including phenoxy) is 1. The van der Waals surface area contributed by atoms with Crippen molar-refractivity contribution < 1.29 is 13.2 Å². The number of nitrogens with one attached hydrogen (secondary N) is 1. The fourth-order valence-electron chi connectivity index (χ4n) is 2.16. The van der Waals surface area contributed by atoms with E-state index in [-0.39, 0.29) is 10.9 Å². The van der Waals surface area contributed by atoms with Crippen LogP contribution in [-0.4, -0.2) is 50.6 Å². The van der Waals surface area contributed by atoms with Gasteiger partial charge < -0.3 is 10.1 Å². The summed E-state index contributed by atoms with van der Waals surface area (Å²) in [6.45, 7) is 7.13. The first-order valence-electron chi connectivity index (χ1n) is 7.17. The van der Waals surface area contributed by atoms with Crippen LogP contribution in [0.15, 0.2) is 23.4 Å². The molecule has 0 aliphatic rings. The Hall–Kier alpha value is -1.18. The number of sulfonamides is 1. The summed E-state index contributed by atoms with van der Waals surface area (Å²) < 4.78 is 32.2. The van der Waals surface area contributed by atoms with Crippen LogP contribution in [0.1, 0.15) is 27.2 Å². The van der Waals surface area contributed by atoms with Crippen molar-refractivity contribution in [2.75, 3.05) is 32.1 Å². The molecule has 0 aliphatic carbocycles. The maximum atomic E-state index is 12.9. The first kappa shape index (κ1) is 17.9. The molecule has 7 heteroatoms. The van der Waals surface area contributed by atoms with Gasteiger partial charge in [0, 0.05) is 38.6 Å². The van der Waals surface area contributed by atoms with E-state index in [0.29, 0.717) is 25.4 Å². The molecule has 0 spiro atoms. The van der Waals surface area contributed by atoms with E-state index in [2.05, 4.69) is 10.3 Å². The van der Waals surface area contributed by atoms with Crippen LogP contribution in [0.5, 0.6) is 0 Å². The van der Waals surface area contributed by atoms with Gasteiger partial charge in [-0.3, -0.25) is 4.98 Å². The number of hydrogen-bond donors (Lipinski definition) is 1. The summed E-state index contributed by atoms with van der Waals surface area (Å²) in [5.74, 6) is 0. The van der Waals surface area contributed by atoms with Crippen LogP contribution in [0.4, 0.5) is 5.69 Å². The van der Waals surface area contributed by atoms with E-state index in [4.69, 9.17) is 4.74 Å². The quantitative estimate of drug-likeness (QED) is 0.754. The highest BCUT2D eigenvalue weighted by Crippen LogP contribution is 2.25. The molecule has 1 unspecified atom stereocenters. The highest BCUT2D eigenvalue weighted by molar-refractivity contribution is 7.89. The molecule has 0 aliphatic heterocycles. The lowest BCUT2D eigenvalue weighted by molar-refractivity contribution is 0.142. The molecule has 1 aromatic heterocycles. The van der Waals surface area contributed by atoms with Gasteiger partial charge in [-0.05, 0) is 19.4 Å². The van der Waals surface area contributed by atoms with E-state index < -0.39 is 10.0 Å². The van der Waals surface area contributed by atoms with Gasteiger partial charge in [0.2, 0.25) is 10.0 Å². The summed E-state index contributed by atoms with van der Waals surface area (Å²) >= 11 is 0. The fraction of sp³-hybridized carbons (Fsp3) is 0.643. The Bertz CT molecular complexity index is 534. The third-order valence-corrected chi connectivity index (χ3v) is 5.26. The van der Waals surface area contributed by atoms with E-state index >= 15 is 0 Å². The van der Waals surface area contributed by atoms with Gasteiger partial charge in [0.15, 0.2) is 0 Å². The van der Waals surface area contributed by atoms with Gasteiger partial charge in [0.05, 0.1) is 12.3 Å². The predicted octanol–water partition coefficient (Wildman–Crippen LogP) is 1.95. The zero-order valence-corrected chi connectivity index (χ0v) is 14.0. The Balaban J connectivity index is 3.16. The molecule has 0 aromatic carbocycles. The van der Waals surface area contributed by atoms with Crippen LogP contribution >= 0.6 is 0 Å². The van der Waals surface area contributed by atoms with Crippen LogP contribution in [0.3, 0.4) is 0 Å². The highest BCUT2D eigenvalue weighted by atomic mass is 32.2. The van der Waals surface area contributed by atoms with Crippen molar-refractivity contribution in [2.45, 2.75) is 38.1 Å². The minimum atomic E-state index is -3.61. The molecule has 0 fully saturated rings. The van der Waals surface area contributed by atoms with Gasteiger partial charge in [-0.25, -0.2) is 8.42 Å². The lowest BCUT2D eigenvalue weighted by Gasteiger charge is -2.27. The number of nitrogens with zero attached hydrogens (tertiary/aromatic N) is 2. The Morgan fingerprint density at radius 2 is 2.14 bits per heavy atom. The molecule has 1 N–H and O–H groups in total. The van der Waals surface area contributed by atoms with Crippen LogP contribution in [0.25, 0.3) is 0 Å². The van der Waals surface area contributed by atoms with Crippen molar-refractivity contribution in [1.29, 1.82) is 0 Å². The molecule has 0 radical (unpaired) electrons. The highest BCUT2D eigenvalue weighted by Gasteiger charge is 2.30. The second kappa shape index (κ2) is 8.31. The molecule has 1 heterocycles. The smallest absolute Gasteiger partial charge is 0.246 e. The van der Waals surface area contributed by atoms with Crippen molar-refractivity contribution in [3.8, 4) is 0 Å². The monoisotopic (exact) mass is 315 g/mol. The molecule has 1 rings (SSSR count). The number of likely N-dealkylation sites (N-methyl/N-ethyl adjacent to an activating group) is 1. The van der Waals surface area contributed by atoms with Crippen molar-refractivity contribution in [2.24, 2.45) is 0 Å². The molecular formula is C14H25N3O3S. The molecule has 6 nitrogen and oxygen atoms in total. The molecule has 1 aromatic rings. The number of hydrogen-bond acceptors (Lipinski definition) is 5. The normalized spacial score (nSPS) is 13.4. The van der Waals surface area contributed by atoms with Crippen LogP contribution < -0.4 is 5.32 Å². The Morgan fingerprint density at radius 1 is 1.43 bits per heavy atom. The largest absolute Gasteiger partial charge is 0.384 e. The second-order valence-electron chi connectivity index (χ2n) is 4.81. The summed E-state index contributed by atoms with van der Waals surface area (Å²) in [4.78, 5) is 4.18. The Labute approximate surface area is 127 Å². The molecule has 21 heavy (non-hydrogen) atoms. The SMILES string of the molecule is CCCNc1ccncc1S(=O)(=O)N(CC)C(C)COC. The lowest BCUT2D eigenvalue weighted by atomic mass is 10.3. The summed E-state index contributed by atoms with van der Waals surface area (Å²) in [5, 5.41) is 3.14. The lowest BCUT2D eigenvalue weighted by Crippen LogP contribution is -2.41. The van der Waals surface area contributed by atoms with E-state index in [0.717, 1.165) is 6.42 Å². The average molecular weight is 315 g/mol. The minimum Gasteiger partial charge on any atom is -0.384 e. The Kier molecular flexibility index (Phi) is 7.07. The van der Waals surface area contributed by atoms with Crippen LogP contribution in [0, 0.1) is 0 Å². The zero-order chi connectivity index (χ0) is 15.9. The van der Waals surface area contributed by atoms with Crippen LogP contribution in [0.2, 0.25) is 0 Å². The van der Waals surface area contributed by atoms with Gasteiger partial charge in [0.1, 0.15) is 4.90 Å². The van der Waals surface area contributed by atoms with Crippen molar-refractivity contribution in [3.05, 3.63) is 18.5 Å². The first-order chi connectivity index (χ1) is 9.98. The average Bonchev–Trinajstić information content (AvgIpc) is 2.46. The maximum absolute atomic E-state index is 12.9. The van der Waals surface area contributed by atoms with E-state index in [1.54, 1.807) is 19.4 Å². The van der Waals surface area contributed by atoms with Gasteiger partial charge in [-0.2, -0.15) is 4.31 Å². The fourth-order valence-corrected chi connectivity index (χ4v) is 3.90. The standard InChI is InChI=1S/C14H25N3O3S/c1-5-8-16-13-7-9-15-10-14(13)21(18,19)17(6-2)12(3)11-20-4/h7,9-10,12H,5-6,8,11H2,1-4H3,(H,15,16). The zero-order valence-electron chi connectivity index (χ0n) is 13.2. The maximum Gasteiger partial charge on any atom is 0.246 e. The molecular weight excluding hydrogens is 290 g/mol. The van der Waals surface area contributed by atoms with Crippen molar-refractivity contribution >= 4 is 15.7 Å². The Morgan fingerprint density at radius 3 is 2.71 bits per heavy atom. The minimum absolute atomic E-state index is 0.211. The third-order valence-electron chi connectivity index (χ3n) is 3.15. The van der Waals surface area contributed by atoms with Gasteiger partial charge in [-0.15, -0.1) is 0 Å². The first-order valence-corrected chi connectivity index (χ1v) is 8.61. The number of pyridine rings is 1.